The van der Waals surface area contributed by atoms with Crippen molar-refractivity contribution < 1.29 is 38.3 Å². The van der Waals surface area contributed by atoms with Crippen LogP contribution in [0.1, 0.15) is 77.7 Å². The summed E-state index contributed by atoms with van der Waals surface area (Å²) in [5, 5.41) is 10.7. The summed E-state index contributed by atoms with van der Waals surface area (Å²) in [5.41, 5.74) is 6.31. The van der Waals surface area contributed by atoms with E-state index in [4.69, 9.17) is 10.5 Å². The number of nitrogens with two attached hydrogens (primary N) is 1. The molecule has 242 valence electrons. The molecule has 0 spiro atoms. The van der Waals surface area contributed by atoms with Crippen LogP contribution in [-0.2, 0) is 40.1 Å². The van der Waals surface area contributed by atoms with Gasteiger partial charge in [0.25, 0.3) is 0 Å². The van der Waals surface area contributed by atoms with Gasteiger partial charge in [0.15, 0.2) is 0 Å². The molecule has 7 amide bonds. The van der Waals surface area contributed by atoms with Gasteiger partial charge in [0.05, 0.1) is 0 Å². The maximum Gasteiger partial charge on any atom is 0.312 e. The SMILES string of the molecule is CC(=O)OCc1ccc(NC(=O)[C@H](CCCNC(N)=O)NC(=O)[C@@H](NC(=O)CCCCCN2C(=O)CCC2=O)C(C)C)cc1. The first-order valence-corrected chi connectivity index (χ1v) is 14.9. The molecule has 0 saturated carbocycles. The number of amides is 7. The fourth-order valence-corrected chi connectivity index (χ4v) is 4.53. The van der Waals surface area contributed by atoms with Crippen molar-refractivity contribution in [2.45, 2.75) is 90.8 Å². The zero-order chi connectivity index (χ0) is 32.6. The second kappa shape index (κ2) is 18.2. The van der Waals surface area contributed by atoms with E-state index in [1.165, 1.54) is 11.8 Å². The van der Waals surface area contributed by atoms with Crippen LogP contribution in [0, 0.1) is 5.92 Å². The zero-order valence-electron chi connectivity index (χ0n) is 25.6. The average Bonchev–Trinajstić information content (AvgIpc) is 3.28. The Morgan fingerprint density at radius 2 is 1.57 bits per heavy atom. The number of unbranched alkanes of at least 4 members (excludes halogenated alkanes) is 2. The number of imide groups is 1. The van der Waals surface area contributed by atoms with Gasteiger partial charge in [-0.2, -0.15) is 0 Å². The van der Waals surface area contributed by atoms with E-state index in [0.29, 0.717) is 37.9 Å². The summed E-state index contributed by atoms with van der Waals surface area (Å²) < 4.78 is 4.96. The minimum atomic E-state index is -0.980. The highest BCUT2D eigenvalue weighted by Gasteiger charge is 2.29. The average molecular weight is 617 g/mol. The van der Waals surface area contributed by atoms with Gasteiger partial charge in [-0.05, 0) is 49.3 Å². The molecular weight excluding hydrogens is 572 g/mol. The van der Waals surface area contributed by atoms with Crippen LogP contribution in [0.2, 0.25) is 0 Å². The van der Waals surface area contributed by atoms with Crippen molar-refractivity contribution in [2.24, 2.45) is 11.7 Å². The molecule has 1 aliphatic heterocycles. The van der Waals surface area contributed by atoms with Gasteiger partial charge < -0.3 is 31.7 Å². The van der Waals surface area contributed by atoms with Crippen LogP contribution >= 0.6 is 0 Å². The van der Waals surface area contributed by atoms with Crippen molar-refractivity contribution in [2.75, 3.05) is 18.4 Å². The molecule has 1 saturated heterocycles. The Kier molecular flexibility index (Phi) is 14.8. The summed E-state index contributed by atoms with van der Waals surface area (Å²) in [6, 6.07) is 4.08. The van der Waals surface area contributed by atoms with E-state index in [2.05, 4.69) is 21.3 Å². The molecule has 0 unspecified atom stereocenters. The van der Waals surface area contributed by atoms with Crippen molar-refractivity contribution >= 4 is 47.2 Å². The van der Waals surface area contributed by atoms with Crippen molar-refractivity contribution in [3.8, 4) is 0 Å². The number of ether oxygens (including phenoxy) is 1. The number of benzene rings is 1. The minimum absolute atomic E-state index is 0.0953. The molecule has 6 N–H and O–H groups in total. The first kappa shape index (κ1) is 35.7. The van der Waals surface area contributed by atoms with E-state index in [1.54, 1.807) is 38.1 Å². The number of urea groups is 1. The number of anilines is 1. The number of likely N-dealkylation sites (tertiary alicyclic amines) is 1. The van der Waals surface area contributed by atoms with Gasteiger partial charge in [0, 0.05) is 45.0 Å². The summed E-state index contributed by atoms with van der Waals surface area (Å²) in [6.07, 6.45) is 2.93. The van der Waals surface area contributed by atoms with Gasteiger partial charge in [-0.3, -0.25) is 33.7 Å². The van der Waals surface area contributed by atoms with Gasteiger partial charge in [-0.1, -0.05) is 32.4 Å². The number of esters is 1. The van der Waals surface area contributed by atoms with E-state index in [-0.39, 0.29) is 62.5 Å². The van der Waals surface area contributed by atoms with Crippen LogP contribution in [0.25, 0.3) is 0 Å². The van der Waals surface area contributed by atoms with E-state index in [9.17, 15) is 33.6 Å². The lowest BCUT2D eigenvalue weighted by atomic mass is 10.0. The Hall–Kier alpha value is -4.49. The molecule has 44 heavy (non-hydrogen) atoms. The fourth-order valence-electron chi connectivity index (χ4n) is 4.53. The number of carbonyl (C=O) groups excluding carboxylic acids is 7. The largest absolute Gasteiger partial charge is 0.461 e. The highest BCUT2D eigenvalue weighted by Crippen LogP contribution is 2.15. The van der Waals surface area contributed by atoms with Crippen LogP contribution in [0.4, 0.5) is 10.5 Å². The molecule has 14 nitrogen and oxygen atoms in total. The van der Waals surface area contributed by atoms with Gasteiger partial charge in [0.2, 0.25) is 29.5 Å². The van der Waals surface area contributed by atoms with Crippen LogP contribution in [0.5, 0.6) is 0 Å². The molecule has 0 bridgehead atoms. The standard InChI is InChI=1S/C30H44N6O8/c1-19(2)27(35-24(38)9-5-4-6-17-36-25(39)14-15-26(36)40)29(42)34-23(8-7-16-32-30(31)43)28(41)33-22-12-10-21(11-13-22)18-44-20(3)37/h10-13,19,23,27H,4-9,14-18H2,1-3H3,(H,33,41)(H,34,42)(H,35,38)(H3,31,32,43)/t23-,27-/m0/s1. The highest BCUT2D eigenvalue weighted by atomic mass is 16.5. The number of nitrogens with one attached hydrogen (secondary N) is 4. The lowest BCUT2D eigenvalue weighted by Crippen LogP contribution is -2.54. The van der Waals surface area contributed by atoms with Gasteiger partial charge >= 0.3 is 12.0 Å². The Morgan fingerprint density at radius 3 is 2.16 bits per heavy atom. The molecule has 2 atom stereocenters. The third-order valence-electron chi connectivity index (χ3n) is 6.97. The summed E-state index contributed by atoms with van der Waals surface area (Å²) in [5.74, 6) is -2.36. The van der Waals surface area contributed by atoms with Crippen LogP contribution in [0.15, 0.2) is 24.3 Å². The monoisotopic (exact) mass is 616 g/mol. The molecule has 0 aliphatic carbocycles. The highest BCUT2D eigenvalue weighted by molar-refractivity contribution is 6.02. The summed E-state index contributed by atoms with van der Waals surface area (Å²) in [7, 11) is 0. The Balaban J connectivity index is 1.94. The topological polar surface area (TPSA) is 206 Å². The predicted octanol–water partition coefficient (Wildman–Crippen LogP) is 1.47. The number of hydrogen-bond donors (Lipinski definition) is 5. The molecule has 1 heterocycles. The molecular formula is C30H44N6O8. The zero-order valence-corrected chi connectivity index (χ0v) is 25.6. The van der Waals surface area contributed by atoms with Crippen molar-refractivity contribution in [3.63, 3.8) is 0 Å². The molecule has 2 rings (SSSR count). The van der Waals surface area contributed by atoms with E-state index in [0.717, 1.165) is 5.56 Å². The molecule has 1 aromatic carbocycles. The first-order chi connectivity index (χ1) is 20.9. The molecule has 0 radical (unpaired) electrons. The van der Waals surface area contributed by atoms with Crippen molar-refractivity contribution in [1.82, 2.24) is 20.9 Å². The molecule has 1 aromatic rings. The van der Waals surface area contributed by atoms with Crippen molar-refractivity contribution in [1.29, 1.82) is 0 Å². The van der Waals surface area contributed by atoms with Gasteiger partial charge in [-0.25, -0.2) is 4.79 Å². The van der Waals surface area contributed by atoms with Crippen LogP contribution in [0.3, 0.4) is 0 Å². The lowest BCUT2D eigenvalue weighted by Gasteiger charge is -2.25. The fraction of sp³-hybridized carbons (Fsp3) is 0.567. The molecule has 14 heteroatoms. The number of primary amides is 1. The minimum Gasteiger partial charge on any atom is -0.461 e. The third-order valence-corrected chi connectivity index (χ3v) is 6.97. The van der Waals surface area contributed by atoms with E-state index in [1.807, 2.05) is 0 Å². The molecule has 1 aliphatic rings. The maximum absolute atomic E-state index is 13.3. The first-order valence-electron chi connectivity index (χ1n) is 14.9. The summed E-state index contributed by atoms with van der Waals surface area (Å²) >= 11 is 0. The normalized spacial score (nSPS) is 14.1. The van der Waals surface area contributed by atoms with E-state index < -0.39 is 35.9 Å². The predicted molar refractivity (Wildman–Crippen MR) is 160 cm³/mol. The number of hydrogen-bond acceptors (Lipinski definition) is 8. The summed E-state index contributed by atoms with van der Waals surface area (Å²) in [6.45, 7) is 5.50. The second-order valence-electron chi connectivity index (χ2n) is 11.0. The second-order valence-corrected chi connectivity index (χ2v) is 11.0. The van der Waals surface area contributed by atoms with Crippen molar-refractivity contribution in [3.05, 3.63) is 29.8 Å². The third kappa shape index (κ3) is 12.8. The van der Waals surface area contributed by atoms with Crippen LogP contribution < -0.4 is 27.0 Å². The molecule has 1 fully saturated rings. The molecule has 0 aromatic heterocycles. The van der Waals surface area contributed by atoms with E-state index >= 15 is 0 Å². The number of nitrogens with zero attached hydrogens (tertiary/aromatic N) is 1. The maximum atomic E-state index is 13.3. The van der Waals surface area contributed by atoms with Gasteiger partial charge in [0.1, 0.15) is 18.7 Å². The quantitative estimate of drug-likeness (QED) is 0.0925. The van der Waals surface area contributed by atoms with Gasteiger partial charge in [-0.15, -0.1) is 0 Å². The Bertz CT molecular complexity index is 1170. The Morgan fingerprint density at radius 1 is 0.909 bits per heavy atom. The summed E-state index contributed by atoms with van der Waals surface area (Å²) in [4.78, 5) is 85.9. The lowest BCUT2D eigenvalue weighted by molar-refractivity contribution is -0.142. The number of rotatable bonds is 18. The number of carbonyl (C=O) groups is 7. The van der Waals surface area contributed by atoms with Crippen LogP contribution in [-0.4, -0.2) is 71.6 Å². The Labute approximate surface area is 257 Å². The smallest absolute Gasteiger partial charge is 0.312 e.